The van der Waals surface area contributed by atoms with E-state index in [4.69, 9.17) is 14.1 Å². The van der Waals surface area contributed by atoms with Gasteiger partial charge in [0.25, 0.3) is 0 Å². The van der Waals surface area contributed by atoms with Crippen LogP contribution < -0.4 is 10.6 Å². The molecule has 0 radical (unpaired) electrons. The van der Waals surface area contributed by atoms with E-state index >= 15 is 0 Å². The van der Waals surface area contributed by atoms with Crippen molar-refractivity contribution in [1.29, 1.82) is 0 Å². The predicted octanol–water partition coefficient (Wildman–Crippen LogP) is 2.82. The van der Waals surface area contributed by atoms with Crippen LogP contribution in [0.3, 0.4) is 0 Å². The van der Waals surface area contributed by atoms with Gasteiger partial charge >= 0.3 is 0 Å². The SMILES string of the molecule is CC(C)N(CCNC(=NCCCN1CCOCC1)NCCc1ccco1)C(C)C.I. The average Bonchev–Trinajstić information content (AvgIpc) is 3.21. The van der Waals surface area contributed by atoms with Crippen LogP contribution in [-0.4, -0.2) is 86.9 Å². The van der Waals surface area contributed by atoms with Crippen molar-refractivity contribution in [3.05, 3.63) is 24.2 Å². The third-order valence-corrected chi connectivity index (χ3v) is 5.24. The van der Waals surface area contributed by atoms with Crippen LogP contribution in [0.1, 0.15) is 39.9 Å². The lowest BCUT2D eigenvalue weighted by atomic mass is 10.2. The third kappa shape index (κ3) is 11.0. The van der Waals surface area contributed by atoms with Crippen molar-refractivity contribution in [2.75, 3.05) is 59.0 Å². The fourth-order valence-electron chi connectivity index (χ4n) is 3.66. The fourth-order valence-corrected chi connectivity index (χ4v) is 3.66. The van der Waals surface area contributed by atoms with Gasteiger partial charge in [0, 0.05) is 64.3 Å². The van der Waals surface area contributed by atoms with E-state index in [1.807, 2.05) is 12.1 Å². The molecule has 1 saturated heterocycles. The number of rotatable bonds is 12. The highest BCUT2D eigenvalue weighted by Crippen LogP contribution is 2.03. The second-order valence-electron chi connectivity index (χ2n) is 8.15. The lowest BCUT2D eigenvalue weighted by molar-refractivity contribution is 0.0377. The first-order valence-electron chi connectivity index (χ1n) is 11.2. The summed E-state index contributed by atoms with van der Waals surface area (Å²) in [6, 6.07) is 5.02. The Morgan fingerprint density at radius 3 is 2.47 bits per heavy atom. The average molecular weight is 536 g/mol. The van der Waals surface area contributed by atoms with E-state index in [0.29, 0.717) is 12.1 Å². The van der Waals surface area contributed by atoms with E-state index < -0.39 is 0 Å². The first-order chi connectivity index (χ1) is 14.1. The Bertz CT molecular complexity index is 552. The van der Waals surface area contributed by atoms with Crippen molar-refractivity contribution in [3.8, 4) is 0 Å². The largest absolute Gasteiger partial charge is 0.469 e. The number of hydrogen-bond acceptors (Lipinski definition) is 5. The second kappa shape index (κ2) is 15.9. The Labute approximate surface area is 200 Å². The van der Waals surface area contributed by atoms with Gasteiger partial charge in [0.15, 0.2) is 5.96 Å². The number of aliphatic imine (C=N–C) groups is 1. The molecule has 1 aliphatic rings. The molecule has 0 aromatic carbocycles. The monoisotopic (exact) mass is 535 g/mol. The Balaban J connectivity index is 0.00000450. The smallest absolute Gasteiger partial charge is 0.191 e. The summed E-state index contributed by atoms with van der Waals surface area (Å²) in [7, 11) is 0. The van der Waals surface area contributed by atoms with E-state index in [-0.39, 0.29) is 24.0 Å². The minimum absolute atomic E-state index is 0. The quantitative estimate of drug-likeness (QED) is 0.186. The molecule has 0 bridgehead atoms. The van der Waals surface area contributed by atoms with Crippen LogP contribution in [0.5, 0.6) is 0 Å². The maximum Gasteiger partial charge on any atom is 0.191 e. The van der Waals surface area contributed by atoms with Gasteiger partial charge in [-0.25, -0.2) is 0 Å². The number of hydrogen-bond donors (Lipinski definition) is 2. The number of ether oxygens (including phenoxy) is 1. The minimum atomic E-state index is 0. The molecule has 174 valence electrons. The molecule has 2 N–H and O–H groups in total. The van der Waals surface area contributed by atoms with E-state index in [2.05, 4.69) is 48.1 Å². The number of morpholine rings is 1. The van der Waals surface area contributed by atoms with Crippen molar-refractivity contribution < 1.29 is 9.15 Å². The summed E-state index contributed by atoms with van der Waals surface area (Å²) in [4.78, 5) is 9.75. The predicted molar refractivity (Wildman–Crippen MR) is 135 cm³/mol. The van der Waals surface area contributed by atoms with E-state index in [9.17, 15) is 0 Å². The van der Waals surface area contributed by atoms with Gasteiger partial charge in [-0.1, -0.05) is 0 Å². The van der Waals surface area contributed by atoms with Crippen LogP contribution in [-0.2, 0) is 11.2 Å². The number of nitrogens with one attached hydrogen (secondary N) is 2. The zero-order valence-electron chi connectivity index (χ0n) is 19.2. The first kappa shape index (κ1) is 27.2. The number of nitrogens with zero attached hydrogens (tertiary/aromatic N) is 3. The maximum atomic E-state index is 5.42. The third-order valence-electron chi connectivity index (χ3n) is 5.24. The van der Waals surface area contributed by atoms with Crippen molar-refractivity contribution >= 4 is 29.9 Å². The number of halogens is 1. The lowest BCUT2D eigenvalue weighted by Gasteiger charge is -2.30. The molecule has 1 aromatic rings. The molecule has 0 unspecified atom stereocenters. The summed E-state index contributed by atoms with van der Waals surface area (Å²) in [5.41, 5.74) is 0. The van der Waals surface area contributed by atoms with Crippen molar-refractivity contribution in [1.82, 2.24) is 20.4 Å². The molecule has 1 aromatic heterocycles. The Hall–Kier alpha value is -0.840. The highest BCUT2D eigenvalue weighted by atomic mass is 127. The molecule has 7 nitrogen and oxygen atoms in total. The van der Waals surface area contributed by atoms with Gasteiger partial charge < -0.3 is 19.8 Å². The summed E-state index contributed by atoms with van der Waals surface area (Å²) in [6.07, 6.45) is 3.64. The summed E-state index contributed by atoms with van der Waals surface area (Å²) in [6.45, 7) is 17.4. The molecule has 0 spiro atoms. The normalized spacial score (nSPS) is 15.6. The van der Waals surface area contributed by atoms with Crippen LogP contribution >= 0.6 is 24.0 Å². The molecule has 0 atom stereocenters. The summed E-state index contributed by atoms with van der Waals surface area (Å²) in [5, 5.41) is 6.97. The molecule has 0 aliphatic carbocycles. The molecule has 0 amide bonds. The fraction of sp³-hybridized carbons (Fsp3) is 0.773. The van der Waals surface area contributed by atoms with Gasteiger partial charge in [-0.15, -0.1) is 24.0 Å². The van der Waals surface area contributed by atoms with Crippen molar-refractivity contribution in [3.63, 3.8) is 0 Å². The first-order valence-corrected chi connectivity index (χ1v) is 11.2. The highest BCUT2D eigenvalue weighted by Gasteiger charge is 2.13. The zero-order valence-corrected chi connectivity index (χ0v) is 21.6. The number of guanidine groups is 1. The number of furan rings is 1. The Morgan fingerprint density at radius 2 is 1.83 bits per heavy atom. The molecule has 1 fully saturated rings. The van der Waals surface area contributed by atoms with Gasteiger partial charge in [-0.2, -0.15) is 0 Å². The van der Waals surface area contributed by atoms with Crippen LogP contribution in [0.25, 0.3) is 0 Å². The molecule has 2 rings (SSSR count). The van der Waals surface area contributed by atoms with Crippen molar-refractivity contribution in [2.24, 2.45) is 4.99 Å². The molecule has 0 saturated carbocycles. The lowest BCUT2D eigenvalue weighted by Crippen LogP contribution is -2.45. The standard InChI is InChI=1S/C22H41N5O2.HI/c1-19(2)27(20(3)4)13-11-25-22(24-10-8-21-7-5-16-29-21)23-9-6-12-26-14-17-28-18-15-26;/h5,7,16,19-20H,6,8-15,17-18H2,1-4H3,(H2,23,24,25);1H. The molecular weight excluding hydrogens is 493 g/mol. The molecule has 1 aliphatic heterocycles. The van der Waals surface area contributed by atoms with E-state index in [0.717, 1.165) is 83.6 Å². The van der Waals surface area contributed by atoms with Crippen molar-refractivity contribution in [2.45, 2.75) is 52.6 Å². The minimum Gasteiger partial charge on any atom is -0.469 e. The zero-order chi connectivity index (χ0) is 20.9. The Kier molecular flexibility index (Phi) is 14.4. The van der Waals surface area contributed by atoms with Crippen LogP contribution in [0, 0.1) is 0 Å². The van der Waals surface area contributed by atoms with E-state index in [1.165, 1.54) is 0 Å². The molecule has 8 heteroatoms. The van der Waals surface area contributed by atoms with E-state index in [1.54, 1.807) is 6.26 Å². The summed E-state index contributed by atoms with van der Waals surface area (Å²) < 4.78 is 10.8. The van der Waals surface area contributed by atoms with Gasteiger partial charge in [0.05, 0.1) is 19.5 Å². The molecular formula is C22H42IN5O2. The maximum absolute atomic E-state index is 5.42. The van der Waals surface area contributed by atoms with Crippen LogP contribution in [0.15, 0.2) is 27.8 Å². The van der Waals surface area contributed by atoms with Gasteiger partial charge in [-0.3, -0.25) is 14.8 Å². The highest BCUT2D eigenvalue weighted by molar-refractivity contribution is 14.0. The topological polar surface area (TPSA) is 65.3 Å². The second-order valence-corrected chi connectivity index (χ2v) is 8.15. The van der Waals surface area contributed by atoms with Gasteiger partial charge in [0.1, 0.15) is 5.76 Å². The summed E-state index contributed by atoms with van der Waals surface area (Å²) in [5.74, 6) is 1.89. The summed E-state index contributed by atoms with van der Waals surface area (Å²) >= 11 is 0. The Morgan fingerprint density at radius 1 is 1.13 bits per heavy atom. The van der Waals surface area contributed by atoms with Gasteiger partial charge in [0.2, 0.25) is 0 Å². The molecule has 30 heavy (non-hydrogen) atoms. The molecule has 2 heterocycles. The van der Waals surface area contributed by atoms with Crippen LogP contribution in [0.2, 0.25) is 0 Å². The van der Waals surface area contributed by atoms with Crippen LogP contribution in [0.4, 0.5) is 0 Å². The van der Waals surface area contributed by atoms with Gasteiger partial charge in [-0.05, 0) is 46.2 Å².